The van der Waals surface area contributed by atoms with Gasteiger partial charge in [0.1, 0.15) is 0 Å². The maximum Gasteiger partial charge on any atom is 0.242 e. The number of carbonyl (C=O) groups excluding carboxylic acids is 1. The van der Waals surface area contributed by atoms with E-state index in [1.807, 2.05) is 18.2 Å². The molecule has 3 nitrogen and oxygen atoms in total. The van der Waals surface area contributed by atoms with Gasteiger partial charge in [0, 0.05) is 20.9 Å². The molecule has 0 aromatic heterocycles. The standard InChI is InChI=1S/C11H13IN2OS/c1-7-2-3-8(4-9(7)12)14-11(15)10-5-16-6-13-10/h2-4,10,13H,5-6H2,1H3,(H,14,15)/t10-/m1/s1. The summed E-state index contributed by atoms with van der Waals surface area (Å²) >= 11 is 4.03. The minimum absolute atomic E-state index is 0.0519. The van der Waals surface area contributed by atoms with E-state index in [1.54, 1.807) is 11.8 Å². The van der Waals surface area contributed by atoms with E-state index in [-0.39, 0.29) is 11.9 Å². The van der Waals surface area contributed by atoms with Gasteiger partial charge in [0.25, 0.3) is 0 Å². The highest BCUT2D eigenvalue weighted by Crippen LogP contribution is 2.18. The van der Waals surface area contributed by atoms with E-state index in [0.29, 0.717) is 0 Å². The van der Waals surface area contributed by atoms with Gasteiger partial charge in [0.15, 0.2) is 0 Å². The molecule has 0 unspecified atom stereocenters. The topological polar surface area (TPSA) is 41.1 Å². The van der Waals surface area contributed by atoms with Gasteiger partial charge < -0.3 is 5.32 Å². The number of thioether (sulfide) groups is 1. The van der Waals surface area contributed by atoms with Crippen LogP contribution in [0, 0.1) is 10.5 Å². The zero-order valence-corrected chi connectivity index (χ0v) is 11.9. The molecule has 0 bridgehead atoms. The Labute approximate surface area is 113 Å². The summed E-state index contributed by atoms with van der Waals surface area (Å²) in [6.45, 7) is 2.06. The van der Waals surface area contributed by atoms with Gasteiger partial charge in [-0.3, -0.25) is 10.1 Å². The number of benzene rings is 1. The molecule has 1 aromatic carbocycles. The van der Waals surface area contributed by atoms with Crippen LogP contribution in [0.25, 0.3) is 0 Å². The second-order valence-corrected chi connectivity index (χ2v) is 5.92. The van der Waals surface area contributed by atoms with Crippen LogP contribution in [-0.4, -0.2) is 23.6 Å². The molecular weight excluding hydrogens is 335 g/mol. The average Bonchev–Trinajstić information content (AvgIpc) is 2.77. The first-order valence-electron chi connectivity index (χ1n) is 5.05. The maximum absolute atomic E-state index is 11.8. The molecule has 1 saturated heterocycles. The molecule has 1 aromatic rings. The third-order valence-corrected chi connectivity index (χ3v) is 4.57. The van der Waals surface area contributed by atoms with E-state index >= 15 is 0 Å². The number of nitrogens with one attached hydrogen (secondary N) is 2. The largest absolute Gasteiger partial charge is 0.325 e. The van der Waals surface area contributed by atoms with Crippen molar-refractivity contribution in [3.63, 3.8) is 0 Å². The van der Waals surface area contributed by atoms with Crippen molar-refractivity contribution in [1.82, 2.24) is 5.32 Å². The van der Waals surface area contributed by atoms with Crippen LogP contribution in [0.3, 0.4) is 0 Å². The van der Waals surface area contributed by atoms with Crippen LogP contribution in [0.4, 0.5) is 5.69 Å². The highest BCUT2D eigenvalue weighted by atomic mass is 127. The first kappa shape index (κ1) is 12.2. The molecule has 1 aliphatic heterocycles. The zero-order chi connectivity index (χ0) is 11.5. The van der Waals surface area contributed by atoms with E-state index < -0.39 is 0 Å². The molecule has 16 heavy (non-hydrogen) atoms. The summed E-state index contributed by atoms with van der Waals surface area (Å²) in [6, 6.07) is 5.91. The normalized spacial score (nSPS) is 19.8. The summed E-state index contributed by atoms with van der Waals surface area (Å²) in [5.74, 6) is 1.78. The third kappa shape index (κ3) is 2.89. The maximum atomic E-state index is 11.8. The Morgan fingerprint density at radius 1 is 1.62 bits per heavy atom. The highest BCUT2D eigenvalue weighted by molar-refractivity contribution is 14.1. The van der Waals surface area contributed by atoms with Crippen molar-refractivity contribution in [2.24, 2.45) is 0 Å². The number of carbonyl (C=O) groups is 1. The van der Waals surface area contributed by atoms with Crippen molar-refractivity contribution in [3.05, 3.63) is 27.3 Å². The second-order valence-electron chi connectivity index (χ2n) is 3.73. The number of hydrogen-bond acceptors (Lipinski definition) is 3. The summed E-state index contributed by atoms with van der Waals surface area (Å²) in [5, 5.41) is 6.08. The van der Waals surface area contributed by atoms with E-state index in [2.05, 4.69) is 40.1 Å². The molecule has 86 valence electrons. The molecule has 5 heteroatoms. The third-order valence-electron chi connectivity index (χ3n) is 2.47. The number of halogens is 1. The van der Waals surface area contributed by atoms with Crippen LogP contribution in [0.5, 0.6) is 0 Å². The van der Waals surface area contributed by atoms with E-state index in [9.17, 15) is 4.79 Å². The number of aryl methyl sites for hydroxylation is 1. The van der Waals surface area contributed by atoms with Crippen LogP contribution in [0.2, 0.25) is 0 Å². The molecule has 2 rings (SSSR count). The monoisotopic (exact) mass is 348 g/mol. The summed E-state index contributed by atoms with van der Waals surface area (Å²) < 4.78 is 1.17. The van der Waals surface area contributed by atoms with Crippen LogP contribution < -0.4 is 10.6 Å². The number of amides is 1. The second kappa shape index (κ2) is 5.37. The first-order chi connectivity index (χ1) is 7.66. The molecule has 1 atom stereocenters. The molecule has 1 heterocycles. The average molecular weight is 348 g/mol. The zero-order valence-electron chi connectivity index (χ0n) is 8.92. The fourth-order valence-electron chi connectivity index (χ4n) is 1.46. The Morgan fingerprint density at radius 3 is 3.06 bits per heavy atom. The van der Waals surface area contributed by atoms with Crippen molar-refractivity contribution in [2.75, 3.05) is 16.9 Å². The van der Waals surface area contributed by atoms with Gasteiger partial charge in [-0.2, -0.15) is 0 Å². The molecule has 0 radical (unpaired) electrons. The van der Waals surface area contributed by atoms with Gasteiger partial charge in [-0.25, -0.2) is 0 Å². The lowest BCUT2D eigenvalue weighted by molar-refractivity contribution is -0.117. The van der Waals surface area contributed by atoms with Crippen molar-refractivity contribution >= 4 is 45.9 Å². The minimum atomic E-state index is -0.0519. The van der Waals surface area contributed by atoms with E-state index in [4.69, 9.17) is 0 Å². The predicted octanol–water partition coefficient (Wildman–Crippen LogP) is 2.20. The van der Waals surface area contributed by atoms with Crippen LogP contribution in [-0.2, 0) is 4.79 Å². The molecule has 0 saturated carbocycles. The highest BCUT2D eigenvalue weighted by Gasteiger charge is 2.22. The molecule has 1 fully saturated rings. The summed E-state index contributed by atoms with van der Waals surface area (Å²) in [5.41, 5.74) is 2.10. The predicted molar refractivity (Wildman–Crippen MR) is 76.8 cm³/mol. The van der Waals surface area contributed by atoms with Gasteiger partial charge in [0.05, 0.1) is 6.04 Å². The molecule has 0 spiro atoms. The van der Waals surface area contributed by atoms with Gasteiger partial charge in [-0.15, -0.1) is 11.8 Å². The number of hydrogen-bond donors (Lipinski definition) is 2. The van der Waals surface area contributed by atoms with Crippen LogP contribution >= 0.6 is 34.4 Å². The van der Waals surface area contributed by atoms with Gasteiger partial charge in [0.2, 0.25) is 5.91 Å². The lowest BCUT2D eigenvalue weighted by Crippen LogP contribution is -2.37. The Hall–Kier alpha value is -0.270. The fraction of sp³-hybridized carbons (Fsp3) is 0.364. The molecule has 2 N–H and O–H groups in total. The Kier molecular flexibility index (Phi) is 4.10. The van der Waals surface area contributed by atoms with Crippen molar-refractivity contribution in [2.45, 2.75) is 13.0 Å². The molecule has 1 aliphatic rings. The summed E-state index contributed by atoms with van der Waals surface area (Å²) in [7, 11) is 0. The SMILES string of the molecule is Cc1ccc(NC(=O)[C@H]2CSCN2)cc1I. The fourth-order valence-corrected chi connectivity index (χ4v) is 2.92. The Morgan fingerprint density at radius 2 is 2.44 bits per heavy atom. The summed E-state index contributed by atoms with van der Waals surface area (Å²) in [6.07, 6.45) is 0. The first-order valence-corrected chi connectivity index (χ1v) is 7.28. The smallest absolute Gasteiger partial charge is 0.242 e. The van der Waals surface area contributed by atoms with E-state index in [1.165, 1.54) is 9.13 Å². The minimum Gasteiger partial charge on any atom is -0.325 e. The lowest BCUT2D eigenvalue weighted by Gasteiger charge is -2.11. The lowest BCUT2D eigenvalue weighted by atomic mass is 10.2. The van der Waals surface area contributed by atoms with Crippen LogP contribution in [0.15, 0.2) is 18.2 Å². The van der Waals surface area contributed by atoms with E-state index in [0.717, 1.165) is 17.3 Å². The van der Waals surface area contributed by atoms with Gasteiger partial charge in [-0.05, 0) is 47.2 Å². The van der Waals surface area contributed by atoms with Crippen LogP contribution in [0.1, 0.15) is 5.56 Å². The van der Waals surface area contributed by atoms with Crippen molar-refractivity contribution in [1.29, 1.82) is 0 Å². The quantitative estimate of drug-likeness (QED) is 0.806. The summed E-state index contributed by atoms with van der Waals surface area (Å²) in [4.78, 5) is 11.8. The van der Waals surface area contributed by atoms with Gasteiger partial charge in [-0.1, -0.05) is 6.07 Å². The van der Waals surface area contributed by atoms with Gasteiger partial charge >= 0.3 is 0 Å². The molecule has 1 amide bonds. The van der Waals surface area contributed by atoms with Crippen molar-refractivity contribution in [3.8, 4) is 0 Å². The Bertz CT molecular complexity index is 405. The molecular formula is C11H13IN2OS. The number of rotatable bonds is 2. The number of anilines is 1. The van der Waals surface area contributed by atoms with Crippen molar-refractivity contribution < 1.29 is 4.79 Å². The molecule has 0 aliphatic carbocycles. The Balaban J connectivity index is 2.02.